The smallest absolute Gasteiger partial charge is 1.00 e. The van der Waals surface area contributed by atoms with Crippen molar-refractivity contribution in [3.63, 3.8) is 0 Å². The van der Waals surface area contributed by atoms with E-state index in [1.54, 1.807) is 0 Å². The van der Waals surface area contributed by atoms with Gasteiger partial charge in [-0.2, -0.15) is 0 Å². The zero-order valence-electron chi connectivity index (χ0n) is 4.71. The van der Waals surface area contributed by atoms with E-state index in [4.69, 9.17) is 0 Å². The standard InChI is InChI=1S/CH3BF3.K.H/c1-2(3,4)5;;/h1H3;;/q-1;+1;-1. The van der Waals surface area contributed by atoms with Crippen molar-refractivity contribution < 1.29 is 65.8 Å². The van der Waals surface area contributed by atoms with E-state index in [1.165, 1.54) is 0 Å². The molecular formula is CH4BF3K-. The molecule has 5 heteroatoms. The molecule has 0 heterocycles. The third-order valence-electron chi connectivity index (χ3n) is 0. The molecule has 0 aliphatic heterocycles. The average molecular weight is 123 g/mol. The van der Waals surface area contributed by atoms with Gasteiger partial charge in [-0.05, 0) is 0 Å². The Morgan fingerprint density at radius 2 is 1.33 bits per heavy atom. The minimum absolute atomic E-state index is 0. The van der Waals surface area contributed by atoms with Crippen LogP contribution in [0.4, 0.5) is 12.9 Å². The van der Waals surface area contributed by atoms with Gasteiger partial charge < -0.3 is 14.4 Å². The second-order valence-electron chi connectivity index (χ2n) is 0.902. The van der Waals surface area contributed by atoms with Gasteiger partial charge in [0.15, 0.2) is 0 Å². The molecule has 0 aromatic carbocycles. The fraction of sp³-hybridized carbons (Fsp3) is 1.00. The minimum Gasteiger partial charge on any atom is -1.00 e. The summed E-state index contributed by atoms with van der Waals surface area (Å²) in [5.41, 5.74) is 0. The third-order valence-corrected chi connectivity index (χ3v) is 0. The monoisotopic (exact) mass is 123 g/mol. The molecule has 0 saturated carbocycles. The third kappa shape index (κ3) is 49.8. The fourth-order valence-electron chi connectivity index (χ4n) is 0. The Morgan fingerprint density at radius 3 is 1.33 bits per heavy atom. The van der Waals surface area contributed by atoms with E-state index in [9.17, 15) is 12.9 Å². The van der Waals surface area contributed by atoms with Gasteiger partial charge in [-0.15, -0.1) is 0 Å². The molecule has 6 heavy (non-hydrogen) atoms. The van der Waals surface area contributed by atoms with Crippen LogP contribution in [-0.4, -0.2) is 6.98 Å². The quantitative estimate of drug-likeness (QED) is 0.347. The van der Waals surface area contributed by atoms with Crippen LogP contribution in [-0.2, 0) is 0 Å². The van der Waals surface area contributed by atoms with Crippen LogP contribution in [0.1, 0.15) is 1.43 Å². The Balaban J connectivity index is -0.0000000800. The summed E-state index contributed by atoms with van der Waals surface area (Å²) in [7, 11) is 0. The predicted molar refractivity (Wildman–Crippen MR) is 16.1 cm³/mol. The van der Waals surface area contributed by atoms with Crippen molar-refractivity contribution in [2.24, 2.45) is 0 Å². The van der Waals surface area contributed by atoms with E-state index in [1.807, 2.05) is 0 Å². The Hall–Kier alpha value is 1.49. The van der Waals surface area contributed by atoms with Crippen LogP contribution in [0.15, 0.2) is 0 Å². The van der Waals surface area contributed by atoms with Crippen molar-refractivity contribution in [3.05, 3.63) is 0 Å². The zero-order valence-corrected chi connectivity index (χ0v) is 6.83. The predicted octanol–water partition coefficient (Wildman–Crippen LogP) is -1.42. The number of hydrogen-bond donors (Lipinski definition) is 0. The van der Waals surface area contributed by atoms with E-state index in [0.29, 0.717) is 0 Å². The Morgan fingerprint density at radius 1 is 1.33 bits per heavy atom. The van der Waals surface area contributed by atoms with Crippen molar-refractivity contribution in [1.82, 2.24) is 0 Å². The maximum absolute atomic E-state index is 10.4. The van der Waals surface area contributed by atoms with E-state index >= 15 is 0 Å². The van der Waals surface area contributed by atoms with Gasteiger partial charge >= 0.3 is 58.4 Å². The molecule has 0 aliphatic carbocycles. The molecule has 0 radical (unpaired) electrons. The first kappa shape index (κ1) is 10.5. The summed E-state index contributed by atoms with van der Waals surface area (Å²) in [5, 5.41) is 0. The Labute approximate surface area is 78.4 Å². The average Bonchev–Trinajstić information content (AvgIpc) is 0.722. The summed E-state index contributed by atoms with van der Waals surface area (Å²) < 4.78 is 31.2. The fourth-order valence-corrected chi connectivity index (χ4v) is 0. The molecule has 0 spiro atoms. The zero-order chi connectivity index (χ0) is 4.50. The van der Waals surface area contributed by atoms with Gasteiger partial charge in [-0.25, -0.2) is 0 Å². The second-order valence-corrected chi connectivity index (χ2v) is 0.902. The summed E-state index contributed by atoms with van der Waals surface area (Å²) in [6, 6.07) is 0. The Bertz CT molecular complexity index is 30.4. The molecule has 34 valence electrons. The number of hydrogen-bond acceptors (Lipinski definition) is 0. The molecular weight excluding hydrogens is 119 g/mol. The summed E-state index contributed by atoms with van der Waals surface area (Å²) in [5.74, 6) is 0. The summed E-state index contributed by atoms with van der Waals surface area (Å²) in [4.78, 5) is 0. The van der Waals surface area contributed by atoms with Gasteiger partial charge in [0.05, 0.1) is 0 Å². The van der Waals surface area contributed by atoms with Gasteiger partial charge in [0.1, 0.15) is 0 Å². The summed E-state index contributed by atoms with van der Waals surface area (Å²) in [6.07, 6.45) is 0. The van der Waals surface area contributed by atoms with E-state index in [2.05, 4.69) is 0 Å². The molecule has 0 aliphatic rings. The van der Waals surface area contributed by atoms with Crippen molar-refractivity contribution >= 4 is 6.98 Å². The molecule has 0 saturated heterocycles. The van der Waals surface area contributed by atoms with E-state index < -0.39 is 6.98 Å². The van der Waals surface area contributed by atoms with Gasteiger partial charge in [0.2, 0.25) is 0 Å². The van der Waals surface area contributed by atoms with Gasteiger partial charge in [0.25, 0.3) is 0 Å². The largest absolute Gasteiger partial charge is 1.00 e. The van der Waals surface area contributed by atoms with Gasteiger partial charge in [-0.3, -0.25) is 0 Å². The molecule has 0 atom stereocenters. The van der Waals surface area contributed by atoms with Crippen molar-refractivity contribution in [2.75, 3.05) is 0 Å². The van der Waals surface area contributed by atoms with Crippen LogP contribution in [0.2, 0.25) is 6.82 Å². The van der Waals surface area contributed by atoms with Crippen LogP contribution >= 0.6 is 0 Å². The van der Waals surface area contributed by atoms with Crippen LogP contribution < -0.4 is 51.4 Å². The number of halogens is 3. The molecule has 0 aromatic heterocycles. The normalized spacial score (nSPS) is 10.0. The maximum atomic E-state index is 10.4. The van der Waals surface area contributed by atoms with E-state index in [0.717, 1.165) is 0 Å². The van der Waals surface area contributed by atoms with Crippen LogP contribution in [0.5, 0.6) is 0 Å². The molecule has 0 bridgehead atoms. The summed E-state index contributed by atoms with van der Waals surface area (Å²) in [6.45, 7) is -4.25. The van der Waals surface area contributed by atoms with Crippen LogP contribution in [0.3, 0.4) is 0 Å². The minimum atomic E-state index is -4.50. The van der Waals surface area contributed by atoms with Crippen LogP contribution in [0, 0.1) is 0 Å². The summed E-state index contributed by atoms with van der Waals surface area (Å²) >= 11 is 0. The SMILES string of the molecule is C[B-](F)(F)F.[H-].[K+]. The first-order chi connectivity index (χ1) is 2.00. The Kier molecular flexibility index (Phi) is 6.09. The van der Waals surface area contributed by atoms with Crippen molar-refractivity contribution in [1.29, 1.82) is 0 Å². The van der Waals surface area contributed by atoms with Crippen molar-refractivity contribution in [2.45, 2.75) is 6.82 Å². The molecule has 0 rings (SSSR count). The van der Waals surface area contributed by atoms with Gasteiger partial charge in [0, 0.05) is 0 Å². The number of rotatable bonds is 0. The molecule has 0 nitrogen and oxygen atoms in total. The molecule has 0 N–H and O–H groups in total. The topological polar surface area (TPSA) is 0 Å². The second kappa shape index (κ2) is 3.49. The first-order valence-corrected chi connectivity index (χ1v) is 1.23. The molecule has 0 fully saturated rings. The first-order valence-electron chi connectivity index (χ1n) is 1.23. The maximum Gasteiger partial charge on any atom is 1.00 e. The van der Waals surface area contributed by atoms with Crippen LogP contribution in [0.25, 0.3) is 0 Å². The molecule has 0 unspecified atom stereocenters. The van der Waals surface area contributed by atoms with E-state index in [-0.39, 0.29) is 59.6 Å². The van der Waals surface area contributed by atoms with Gasteiger partial charge in [-0.1, -0.05) is 6.82 Å². The molecule has 0 amide bonds. The molecule has 0 aromatic rings. The van der Waals surface area contributed by atoms with Crippen molar-refractivity contribution in [3.8, 4) is 0 Å².